The lowest BCUT2D eigenvalue weighted by molar-refractivity contribution is 1.18. The Hall–Kier alpha value is -5.51. The summed E-state index contributed by atoms with van der Waals surface area (Å²) >= 11 is 0. The molecule has 0 bridgehead atoms. The first-order valence-corrected chi connectivity index (χ1v) is 17.1. The fraction of sp³-hybridized carbons (Fsp3) is 0. The zero-order valence-electron chi connectivity index (χ0n) is 24.2. The van der Waals surface area contributed by atoms with Gasteiger partial charge in [0.25, 0.3) is 0 Å². The molecule has 2 aromatic heterocycles. The van der Waals surface area contributed by atoms with E-state index in [-0.39, 0.29) is 0 Å². The first kappa shape index (κ1) is 26.1. The summed E-state index contributed by atoms with van der Waals surface area (Å²) in [6.45, 7) is 0. The van der Waals surface area contributed by atoms with Gasteiger partial charge < -0.3 is 4.57 Å². The van der Waals surface area contributed by atoms with E-state index in [1.165, 1.54) is 48.1 Å². The Morgan fingerprint density at radius 1 is 0.409 bits per heavy atom. The number of benzene rings is 6. The minimum Gasteiger partial charge on any atom is -0.309 e. The fourth-order valence-corrected chi connectivity index (χ4v) is 11.9. The Morgan fingerprint density at radius 2 is 0.909 bits per heavy atom. The van der Waals surface area contributed by atoms with Gasteiger partial charge in [-0.1, -0.05) is 140 Å². The second kappa shape index (κ2) is 11.0. The highest BCUT2D eigenvalue weighted by atomic mass is 28.3. The first-order valence-electron chi connectivity index (χ1n) is 15.1. The number of para-hydroxylation sites is 2. The van der Waals surface area contributed by atoms with Crippen molar-refractivity contribution in [1.29, 1.82) is 0 Å². The molecule has 0 aliphatic heterocycles. The molecule has 0 saturated heterocycles. The van der Waals surface area contributed by atoms with Crippen LogP contribution in [0.25, 0.3) is 38.8 Å². The highest BCUT2D eigenvalue weighted by Crippen LogP contribution is 2.31. The van der Waals surface area contributed by atoms with Crippen LogP contribution in [0.1, 0.15) is 0 Å². The number of hydrogen-bond acceptors (Lipinski definition) is 1. The van der Waals surface area contributed by atoms with E-state index in [0.717, 1.165) is 11.4 Å². The summed E-state index contributed by atoms with van der Waals surface area (Å²) in [4.78, 5) is 4.83. The maximum absolute atomic E-state index is 4.83. The maximum Gasteiger partial charge on any atom is 0.180 e. The van der Waals surface area contributed by atoms with Crippen LogP contribution in [-0.4, -0.2) is 17.6 Å². The van der Waals surface area contributed by atoms with E-state index in [4.69, 9.17) is 4.98 Å². The van der Waals surface area contributed by atoms with Crippen molar-refractivity contribution in [2.75, 3.05) is 0 Å². The van der Waals surface area contributed by atoms with Crippen molar-refractivity contribution in [3.8, 4) is 16.9 Å². The number of pyridine rings is 1. The summed E-state index contributed by atoms with van der Waals surface area (Å²) in [6, 6.07) is 64.0. The summed E-state index contributed by atoms with van der Waals surface area (Å²) in [5.41, 5.74) is 5.77. The van der Waals surface area contributed by atoms with E-state index < -0.39 is 8.07 Å². The van der Waals surface area contributed by atoms with Crippen molar-refractivity contribution in [2.24, 2.45) is 0 Å². The van der Waals surface area contributed by atoms with Gasteiger partial charge >= 0.3 is 0 Å². The van der Waals surface area contributed by atoms with E-state index in [2.05, 4.69) is 174 Å². The summed E-state index contributed by atoms with van der Waals surface area (Å²) < 4.78 is 2.39. The quantitative estimate of drug-likeness (QED) is 0.150. The molecule has 0 aliphatic carbocycles. The van der Waals surface area contributed by atoms with E-state index in [1.807, 2.05) is 12.3 Å². The van der Waals surface area contributed by atoms with Crippen LogP contribution in [0, 0.1) is 0 Å². The second-order valence-electron chi connectivity index (χ2n) is 11.2. The van der Waals surface area contributed by atoms with Crippen LogP contribution >= 0.6 is 0 Å². The summed E-state index contributed by atoms with van der Waals surface area (Å²) in [6.07, 6.45) is 1.89. The molecule has 0 unspecified atom stereocenters. The van der Waals surface area contributed by atoms with Gasteiger partial charge in [-0.3, -0.25) is 4.98 Å². The van der Waals surface area contributed by atoms with Gasteiger partial charge in [0.2, 0.25) is 0 Å². The topological polar surface area (TPSA) is 17.8 Å². The highest BCUT2D eigenvalue weighted by Gasteiger charge is 2.43. The molecule has 3 heteroatoms. The van der Waals surface area contributed by atoms with Crippen molar-refractivity contribution < 1.29 is 0 Å². The van der Waals surface area contributed by atoms with E-state index >= 15 is 0 Å². The molecule has 2 heterocycles. The predicted molar refractivity (Wildman–Crippen MR) is 188 cm³/mol. The molecule has 44 heavy (non-hydrogen) atoms. The number of aromatic nitrogens is 2. The first-order chi connectivity index (χ1) is 21.9. The van der Waals surface area contributed by atoms with Gasteiger partial charge in [0.1, 0.15) is 0 Å². The van der Waals surface area contributed by atoms with Crippen LogP contribution in [0.4, 0.5) is 0 Å². The minimum atomic E-state index is -2.79. The number of nitrogens with zero attached hydrogens (tertiary/aromatic N) is 2. The number of fused-ring (bicyclic) bond motifs is 3. The molecule has 0 spiro atoms. The van der Waals surface area contributed by atoms with Gasteiger partial charge in [0, 0.05) is 28.2 Å². The van der Waals surface area contributed by atoms with Gasteiger partial charge in [-0.25, -0.2) is 0 Å². The molecule has 0 N–H and O–H groups in total. The third-order valence-electron chi connectivity index (χ3n) is 8.82. The molecular formula is C41H30N2Si. The van der Waals surface area contributed by atoms with Gasteiger partial charge in [-0.2, -0.15) is 0 Å². The van der Waals surface area contributed by atoms with Crippen molar-refractivity contribution in [1.82, 2.24) is 9.55 Å². The summed E-state index contributed by atoms with van der Waals surface area (Å²) in [5, 5.41) is 7.91. The standard InChI is InChI=1S/C41H30N2Si/c1-3-15-32(16-4-1)44(33-17-5-2-6-18-33,41-25-12-9-21-37(41)38-22-13-14-30-42-38)34-28-26-31(27-29-34)43-39-23-10-7-19-35(39)36-20-8-11-24-40(36)43/h1-30H. The van der Waals surface area contributed by atoms with Crippen LogP contribution in [0.3, 0.4) is 0 Å². The van der Waals surface area contributed by atoms with Crippen LogP contribution < -0.4 is 20.7 Å². The van der Waals surface area contributed by atoms with Gasteiger partial charge in [-0.15, -0.1) is 0 Å². The molecule has 0 atom stereocenters. The summed E-state index contributed by atoms with van der Waals surface area (Å²) in [5.74, 6) is 0. The van der Waals surface area contributed by atoms with Crippen LogP contribution in [0.5, 0.6) is 0 Å². The van der Waals surface area contributed by atoms with Crippen molar-refractivity contribution in [2.45, 2.75) is 0 Å². The smallest absolute Gasteiger partial charge is 0.180 e. The van der Waals surface area contributed by atoms with E-state index in [9.17, 15) is 0 Å². The summed E-state index contributed by atoms with van der Waals surface area (Å²) in [7, 11) is -2.79. The zero-order chi connectivity index (χ0) is 29.3. The lowest BCUT2D eigenvalue weighted by atomic mass is 10.1. The fourth-order valence-electron chi connectivity index (χ4n) is 6.96. The highest BCUT2D eigenvalue weighted by molar-refractivity contribution is 7.20. The lowest BCUT2D eigenvalue weighted by Gasteiger charge is -2.36. The molecule has 8 rings (SSSR count). The third-order valence-corrected chi connectivity index (χ3v) is 13.7. The molecule has 0 amide bonds. The third kappa shape index (κ3) is 4.13. The Bertz CT molecular complexity index is 2110. The number of rotatable bonds is 6. The molecule has 0 aliphatic rings. The molecule has 6 aromatic carbocycles. The molecule has 2 nitrogen and oxygen atoms in total. The van der Waals surface area contributed by atoms with Crippen molar-refractivity contribution >= 4 is 50.6 Å². The van der Waals surface area contributed by atoms with Crippen LogP contribution in [-0.2, 0) is 0 Å². The van der Waals surface area contributed by atoms with Gasteiger partial charge in [-0.05, 0) is 57.1 Å². The average Bonchev–Trinajstić information content (AvgIpc) is 3.45. The SMILES string of the molecule is c1ccc([Si](c2ccccc2)(c2ccc(-n3c4ccccc4c4ccccc43)cc2)c2ccccc2-c2ccccn2)cc1. The monoisotopic (exact) mass is 578 g/mol. The van der Waals surface area contributed by atoms with Gasteiger partial charge in [0.15, 0.2) is 8.07 Å². The average molecular weight is 579 g/mol. The normalized spacial score (nSPS) is 11.6. The maximum atomic E-state index is 4.83. The Labute approximate surface area is 258 Å². The van der Waals surface area contributed by atoms with Gasteiger partial charge in [0.05, 0.1) is 16.7 Å². The molecule has 0 radical (unpaired) electrons. The van der Waals surface area contributed by atoms with Crippen molar-refractivity contribution in [3.05, 3.63) is 182 Å². The largest absolute Gasteiger partial charge is 0.309 e. The predicted octanol–water partition coefficient (Wildman–Crippen LogP) is 7.22. The zero-order valence-corrected chi connectivity index (χ0v) is 25.2. The lowest BCUT2D eigenvalue weighted by Crippen LogP contribution is -2.75. The Kier molecular flexibility index (Phi) is 6.51. The molecular weight excluding hydrogens is 549 g/mol. The minimum absolute atomic E-state index is 0.994. The van der Waals surface area contributed by atoms with E-state index in [0.29, 0.717) is 0 Å². The van der Waals surface area contributed by atoms with Crippen molar-refractivity contribution in [3.63, 3.8) is 0 Å². The molecule has 0 saturated carbocycles. The number of hydrogen-bond donors (Lipinski definition) is 0. The molecule has 208 valence electrons. The van der Waals surface area contributed by atoms with E-state index in [1.54, 1.807) is 0 Å². The Balaban J connectivity index is 1.42. The Morgan fingerprint density at radius 3 is 1.50 bits per heavy atom. The van der Waals surface area contributed by atoms with Crippen LogP contribution in [0.15, 0.2) is 182 Å². The molecule has 8 aromatic rings. The van der Waals surface area contributed by atoms with Crippen LogP contribution in [0.2, 0.25) is 0 Å². The second-order valence-corrected chi connectivity index (χ2v) is 14.9. The molecule has 0 fully saturated rings.